The van der Waals surface area contributed by atoms with Crippen molar-refractivity contribution in [2.45, 2.75) is 19.4 Å². The third-order valence-electron chi connectivity index (χ3n) is 1.98. The number of ether oxygens (including phenoxy) is 1. The van der Waals surface area contributed by atoms with E-state index < -0.39 is 0 Å². The van der Waals surface area contributed by atoms with Crippen LogP contribution in [0.2, 0.25) is 0 Å². The van der Waals surface area contributed by atoms with Crippen LogP contribution in [-0.4, -0.2) is 19.6 Å². The maximum atomic E-state index is 11.6. The molecule has 0 fully saturated rings. The molecule has 1 atom stereocenters. The SMILES string of the molecule is CCCNC(C(=O)OC)c1cc(Br)c(Br)s1. The van der Waals surface area contributed by atoms with Gasteiger partial charge < -0.3 is 10.1 Å². The summed E-state index contributed by atoms with van der Waals surface area (Å²) in [7, 11) is 1.40. The molecule has 6 heteroatoms. The number of rotatable bonds is 5. The average Bonchev–Trinajstić information content (AvgIpc) is 2.59. The quantitative estimate of drug-likeness (QED) is 0.806. The van der Waals surface area contributed by atoms with Crippen molar-refractivity contribution in [1.82, 2.24) is 5.32 Å². The van der Waals surface area contributed by atoms with Crippen LogP contribution in [0, 0.1) is 0 Å². The number of thiophene rings is 1. The van der Waals surface area contributed by atoms with Crippen molar-refractivity contribution in [3.63, 3.8) is 0 Å². The summed E-state index contributed by atoms with van der Waals surface area (Å²) >= 11 is 8.35. The van der Waals surface area contributed by atoms with Gasteiger partial charge in [0.15, 0.2) is 0 Å². The highest BCUT2D eigenvalue weighted by Crippen LogP contribution is 2.35. The highest BCUT2D eigenvalue weighted by molar-refractivity contribution is 9.13. The summed E-state index contributed by atoms with van der Waals surface area (Å²) in [5.41, 5.74) is 0. The average molecular weight is 371 g/mol. The van der Waals surface area contributed by atoms with E-state index in [1.165, 1.54) is 18.4 Å². The lowest BCUT2D eigenvalue weighted by Crippen LogP contribution is -2.29. The van der Waals surface area contributed by atoms with Gasteiger partial charge in [-0.05, 0) is 50.9 Å². The standard InChI is InChI=1S/C10H13Br2NO2S/c1-3-4-13-8(10(14)15-2)7-5-6(11)9(12)16-7/h5,8,13H,3-4H2,1-2H3. The van der Waals surface area contributed by atoms with Crippen LogP contribution in [0.1, 0.15) is 24.3 Å². The molecule has 1 unspecified atom stereocenters. The Balaban J connectivity index is 2.87. The number of esters is 1. The molecule has 0 aliphatic rings. The molecule has 0 bridgehead atoms. The molecule has 1 aromatic rings. The third-order valence-corrected chi connectivity index (χ3v) is 5.31. The van der Waals surface area contributed by atoms with Crippen molar-refractivity contribution in [3.05, 3.63) is 19.2 Å². The minimum atomic E-state index is -0.377. The molecular weight excluding hydrogens is 358 g/mol. The maximum absolute atomic E-state index is 11.6. The second-order valence-electron chi connectivity index (χ2n) is 3.18. The van der Waals surface area contributed by atoms with E-state index in [1.54, 1.807) is 0 Å². The van der Waals surface area contributed by atoms with Gasteiger partial charge in [-0.1, -0.05) is 6.92 Å². The van der Waals surface area contributed by atoms with Crippen LogP contribution < -0.4 is 5.32 Å². The molecule has 0 aliphatic heterocycles. The fraction of sp³-hybridized carbons (Fsp3) is 0.500. The Morgan fingerprint density at radius 2 is 2.31 bits per heavy atom. The second-order valence-corrected chi connectivity index (χ2v) is 6.44. The number of carbonyl (C=O) groups excluding carboxylic acids is 1. The van der Waals surface area contributed by atoms with Crippen LogP contribution in [0.4, 0.5) is 0 Å². The van der Waals surface area contributed by atoms with Crippen LogP contribution >= 0.6 is 43.2 Å². The van der Waals surface area contributed by atoms with Crippen molar-refractivity contribution >= 4 is 49.2 Å². The van der Waals surface area contributed by atoms with Gasteiger partial charge in [0.05, 0.1) is 10.9 Å². The molecule has 0 saturated carbocycles. The molecular formula is C10H13Br2NO2S. The summed E-state index contributed by atoms with van der Waals surface area (Å²) < 4.78 is 6.73. The Morgan fingerprint density at radius 3 is 2.75 bits per heavy atom. The molecule has 1 N–H and O–H groups in total. The molecule has 0 amide bonds. The largest absolute Gasteiger partial charge is 0.468 e. The number of carbonyl (C=O) groups is 1. The summed E-state index contributed by atoms with van der Waals surface area (Å²) in [4.78, 5) is 12.6. The smallest absolute Gasteiger partial charge is 0.328 e. The van der Waals surface area contributed by atoms with Gasteiger partial charge in [0.25, 0.3) is 0 Å². The highest BCUT2D eigenvalue weighted by atomic mass is 79.9. The first-order valence-corrected chi connectivity index (χ1v) is 7.26. The zero-order valence-corrected chi connectivity index (χ0v) is 13.0. The maximum Gasteiger partial charge on any atom is 0.328 e. The Kier molecular flexibility index (Phi) is 5.96. The van der Waals surface area contributed by atoms with Gasteiger partial charge in [-0.2, -0.15) is 0 Å². The van der Waals surface area contributed by atoms with Gasteiger partial charge in [-0.25, -0.2) is 4.79 Å². The number of halogens is 2. The minimum absolute atomic E-state index is 0.255. The van der Waals surface area contributed by atoms with E-state index in [-0.39, 0.29) is 12.0 Å². The molecule has 0 radical (unpaired) electrons. The summed E-state index contributed by atoms with van der Waals surface area (Å²) in [5.74, 6) is -0.255. The van der Waals surface area contributed by atoms with E-state index in [2.05, 4.69) is 44.1 Å². The Morgan fingerprint density at radius 1 is 1.62 bits per heavy atom. The molecule has 0 aromatic carbocycles. The lowest BCUT2D eigenvalue weighted by Gasteiger charge is -2.14. The van der Waals surface area contributed by atoms with Crippen LogP contribution in [0.25, 0.3) is 0 Å². The molecule has 1 aromatic heterocycles. The normalized spacial score (nSPS) is 12.5. The highest BCUT2D eigenvalue weighted by Gasteiger charge is 2.23. The van der Waals surface area contributed by atoms with E-state index in [0.29, 0.717) is 0 Å². The van der Waals surface area contributed by atoms with Gasteiger partial charge in [0.1, 0.15) is 6.04 Å². The van der Waals surface area contributed by atoms with E-state index in [4.69, 9.17) is 4.74 Å². The Bertz CT molecular complexity index is 348. The predicted octanol–water partition coefficient (Wildman–Crippen LogP) is 3.49. The van der Waals surface area contributed by atoms with Crippen molar-refractivity contribution in [3.8, 4) is 0 Å². The first-order chi connectivity index (χ1) is 7.60. The van der Waals surface area contributed by atoms with Crippen LogP contribution in [0.5, 0.6) is 0 Å². The first kappa shape index (κ1) is 14.2. The van der Waals surface area contributed by atoms with E-state index in [1.807, 2.05) is 6.07 Å². The molecule has 3 nitrogen and oxygen atoms in total. The molecule has 1 heterocycles. The molecule has 16 heavy (non-hydrogen) atoms. The monoisotopic (exact) mass is 369 g/mol. The van der Waals surface area contributed by atoms with Crippen molar-refractivity contribution < 1.29 is 9.53 Å². The second kappa shape index (κ2) is 6.74. The number of nitrogens with one attached hydrogen (secondary N) is 1. The fourth-order valence-electron chi connectivity index (χ4n) is 1.21. The lowest BCUT2D eigenvalue weighted by atomic mass is 10.2. The fourth-order valence-corrected chi connectivity index (χ4v) is 3.37. The Labute approximate surface area is 116 Å². The van der Waals surface area contributed by atoms with Crippen molar-refractivity contribution in [2.24, 2.45) is 0 Å². The van der Waals surface area contributed by atoms with Crippen molar-refractivity contribution in [1.29, 1.82) is 0 Å². The summed E-state index contributed by atoms with van der Waals surface area (Å²) in [6.45, 7) is 2.84. The van der Waals surface area contributed by atoms with E-state index in [9.17, 15) is 4.79 Å². The lowest BCUT2D eigenvalue weighted by molar-refractivity contribution is -0.143. The van der Waals surface area contributed by atoms with E-state index in [0.717, 1.165) is 26.1 Å². The van der Waals surface area contributed by atoms with Gasteiger partial charge in [-0.3, -0.25) is 0 Å². The topological polar surface area (TPSA) is 38.3 Å². The molecule has 0 aliphatic carbocycles. The predicted molar refractivity (Wildman–Crippen MR) is 72.8 cm³/mol. The number of hydrogen-bond acceptors (Lipinski definition) is 4. The third kappa shape index (κ3) is 3.55. The van der Waals surface area contributed by atoms with Gasteiger partial charge in [-0.15, -0.1) is 11.3 Å². The van der Waals surface area contributed by atoms with Gasteiger partial charge >= 0.3 is 5.97 Å². The Hall–Kier alpha value is 0.0900. The zero-order valence-electron chi connectivity index (χ0n) is 9.05. The van der Waals surface area contributed by atoms with E-state index >= 15 is 0 Å². The van der Waals surface area contributed by atoms with Gasteiger partial charge in [0.2, 0.25) is 0 Å². The molecule has 90 valence electrons. The van der Waals surface area contributed by atoms with Gasteiger partial charge in [0, 0.05) is 9.35 Å². The first-order valence-electron chi connectivity index (χ1n) is 4.86. The summed E-state index contributed by atoms with van der Waals surface area (Å²) in [5, 5.41) is 3.17. The number of hydrogen-bond donors (Lipinski definition) is 1. The van der Waals surface area contributed by atoms with Crippen LogP contribution in [0.3, 0.4) is 0 Å². The zero-order chi connectivity index (χ0) is 12.1. The molecule has 0 saturated heterocycles. The molecule has 1 rings (SSSR count). The summed E-state index contributed by atoms with van der Waals surface area (Å²) in [6, 6.07) is 1.55. The molecule has 0 spiro atoms. The van der Waals surface area contributed by atoms with Crippen LogP contribution in [-0.2, 0) is 9.53 Å². The van der Waals surface area contributed by atoms with Crippen LogP contribution in [0.15, 0.2) is 14.3 Å². The minimum Gasteiger partial charge on any atom is -0.468 e. The number of methoxy groups -OCH3 is 1. The summed E-state index contributed by atoms with van der Waals surface area (Å²) in [6.07, 6.45) is 0.973. The van der Waals surface area contributed by atoms with Crippen molar-refractivity contribution in [2.75, 3.05) is 13.7 Å².